The summed E-state index contributed by atoms with van der Waals surface area (Å²) in [6.07, 6.45) is 11.7. The van der Waals surface area contributed by atoms with Gasteiger partial charge in [0, 0.05) is 6.42 Å². The van der Waals surface area contributed by atoms with Gasteiger partial charge in [0.05, 0.1) is 13.2 Å². The summed E-state index contributed by atoms with van der Waals surface area (Å²) in [5.74, 6) is 4.84. The third-order valence-corrected chi connectivity index (χ3v) is 10.8. The summed E-state index contributed by atoms with van der Waals surface area (Å²) >= 11 is 0. The van der Waals surface area contributed by atoms with Crippen LogP contribution in [0.1, 0.15) is 91.9 Å². The normalized spacial score (nSPS) is 50.2. The first-order valence-electron chi connectivity index (χ1n) is 12.5. The summed E-state index contributed by atoms with van der Waals surface area (Å²) in [5.41, 5.74) is 0.480. The molecule has 0 saturated heterocycles. The number of esters is 1. The predicted molar refractivity (Wildman–Crippen MR) is 116 cm³/mol. The van der Waals surface area contributed by atoms with Crippen LogP contribution in [0.25, 0.3) is 0 Å². The van der Waals surface area contributed by atoms with Gasteiger partial charge in [-0.05, 0) is 104 Å². The van der Waals surface area contributed by atoms with Gasteiger partial charge in [0.2, 0.25) is 0 Å². The zero-order valence-corrected chi connectivity index (χ0v) is 19.5. The van der Waals surface area contributed by atoms with Crippen LogP contribution in [-0.2, 0) is 9.53 Å². The fourth-order valence-electron chi connectivity index (χ4n) is 9.05. The van der Waals surface area contributed by atoms with E-state index in [-0.39, 0.29) is 17.5 Å². The average Bonchev–Trinajstić information content (AvgIpc) is 3.06. The molecule has 0 aromatic carbocycles. The van der Waals surface area contributed by atoms with Crippen molar-refractivity contribution in [2.45, 2.75) is 98.0 Å². The molecule has 166 valence electrons. The van der Waals surface area contributed by atoms with Crippen molar-refractivity contribution in [3.05, 3.63) is 0 Å². The summed E-state index contributed by atoms with van der Waals surface area (Å²) in [7, 11) is 1.48. The van der Waals surface area contributed by atoms with Crippen LogP contribution in [0.4, 0.5) is 0 Å². The molecular formula is C26H44O3. The molecule has 4 aliphatic rings. The van der Waals surface area contributed by atoms with Crippen LogP contribution < -0.4 is 0 Å². The Balaban J connectivity index is 1.53. The number of hydrogen-bond donors (Lipinski definition) is 1. The maximum atomic E-state index is 11.7. The number of rotatable bonds is 4. The summed E-state index contributed by atoms with van der Waals surface area (Å²) in [6, 6.07) is 0. The Labute approximate surface area is 178 Å². The van der Waals surface area contributed by atoms with E-state index in [2.05, 4.69) is 27.7 Å². The van der Waals surface area contributed by atoms with E-state index in [4.69, 9.17) is 4.74 Å². The molecule has 0 aromatic rings. The van der Waals surface area contributed by atoms with Crippen LogP contribution in [0.3, 0.4) is 0 Å². The van der Waals surface area contributed by atoms with Gasteiger partial charge in [-0.1, -0.05) is 34.1 Å². The predicted octanol–water partition coefficient (Wildman–Crippen LogP) is 5.84. The fraction of sp³-hybridized carbons (Fsp3) is 0.962. The van der Waals surface area contributed by atoms with Crippen molar-refractivity contribution >= 4 is 5.97 Å². The average molecular weight is 405 g/mol. The van der Waals surface area contributed by atoms with Crippen LogP contribution in [0.2, 0.25) is 0 Å². The number of carbonyl (C=O) groups excluding carboxylic acids is 1. The molecule has 0 aliphatic heterocycles. The Morgan fingerprint density at radius 1 is 1.10 bits per heavy atom. The molecule has 0 bridgehead atoms. The highest BCUT2D eigenvalue weighted by Crippen LogP contribution is 2.68. The quantitative estimate of drug-likeness (QED) is 0.599. The molecule has 3 nitrogen and oxygen atoms in total. The van der Waals surface area contributed by atoms with Gasteiger partial charge in [0.15, 0.2) is 0 Å². The van der Waals surface area contributed by atoms with E-state index in [1.165, 1.54) is 52.1 Å². The Morgan fingerprint density at radius 2 is 1.86 bits per heavy atom. The summed E-state index contributed by atoms with van der Waals surface area (Å²) in [4.78, 5) is 11.7. The first-order chi connectivity index (χ1) is 13.7. The number of hydrogen-bond acceptors (Lipinski definition) is 3. The van der Waals surface area contributed by atoms with Crippen molar-refractivity contribution in [1.82, 2.24) is 0 Å². The van der Waals surface area contributed by atoms with E-state index in [0.717, 1.165) is 30.6 Å². The largest absolute Gasteiger partial charge is 0.469 e. The van der Waals surface area contributed by atoms with Crippen molar-refractivity contribution in [3.63, 3.8) is 0 Å². The van der Waals surface area contributed by atoms with Crippen LogP contribution in [-0.4, -0.2) is 24.3 Å². The molecular weight excluding hydrogens is 360 g/mol. The molecule has 10 atom stereocenters. The lowest BCUT2D eigenvalue weighted by atomic mass is 9.43. The minimum absolute atomic E-state index is 0.0296. The molecule has 4 aliphatic carbocycles. The lowest BCUT2D eigenvalue weighted by Gasteiger charge is -2.62. The lowest BCUT2D eigenvalue weighted by molar-refractivity contribution is -0.171. The number of carbonyl (C=O) groups is 1. The van der Waals surface area contributed by atoms with E-state index in [0.29, 0.717) is 35.5 Å². The summed E-state index contributed by atoms with van der Waals surface area (Å²) in [5, 5.41) is 11.6. The number of aliphatic hydroxyl groups is 1. The Morgan fingerprint density at radius 3 is 2.59 bits per heavy atom. The Bertz CT molecular complexity index is 617. The first kappa shape index (κ1) is 21.7. The third-order valence-electron chi connectivity index (χ3n) is 10.8. The topological polar surface area (TPSA) is 46.5 Å². The number of ether oxygens (including phenoxy) is 1. The van der Waals surface area contributed by atoms with Gasteiger partial charge >= 0.3 is 5.97 Å². The van der Waals surface area contributed by atoms with Gasteiger partial charge in [-0.25, -0.2) is 0 Å². The second-order valence-electron chi connectivity index (χ2n) is 11.9. The van der Waals surface area contributed by atoms with E-state index in [1.807, 2.05) is 0 Å². The molecule has 0 amide bonds. The zero-order valence-electron chi connectivity index (χ0n) is 19.5. The zero-order chi connectivity index (χ0) is 21.0. The van der Waals surface area contributed by atoms with Crippen LogP contribution in [0, 0.1) is 52.3 Å². The highest BCUT2D eigenvalue weighted by molar-refractivity contribution is 5.69. The maximum absolute atomic E-state index is 11.7. The van der Waals surface area contributed by atoms with Crippen molar-refractivity contribution in [2.24, 2.45) is 52.3 Å². The molecule has 0 heterocycles. The van der Waals surface area contributed by atoms with Crippen molar-refractivity contribution in [3.8, 4) is 0 Å². The molecule has 0 radical (unpaired) electrons. The van der Waals surface area contributed by atoms with Gasteiger partial charge in [-0.3, -0.25) is 4.79 Å². The van der Waals surface area contributed by atoms with E-state index < -0.39 is 0 Å². The molecule has 1 N–H and O–H groups in total. The Kier molecular flexibility index (Phi) is 5.86. The smallest absolute Gasteiger partial charge is 0.305 e. The first-order valence-corrected chi connectivity index (χ1v) is 12.5. The van der Waals surface area contributed by atoms with E-state index >= 15 is 0 Å². The van der Waals surface area contributed by atoms with Gasteiger partial charge < -0.3 is 9.84 Å². The second-order valence-corrected chi connectivity index (χ2v) is 11.9. The number of fused-ring (bicyclic) bond motifs is 5. The Hall–Kier alpha value is -0.570. The highest BCUT2D eigenvalue weighted by atomic mass is 16.5. The SMILES string of the molecule is COC(=O)CC[C@@H](C)[C@H]1CC[C@H]2[C@@H]3CC[C@@H]4C[C@H](C)CC[C@]4(C)[C@H]3C[C@@H](O)[C@]12C. The molecule has 3 heteroatoms. The van der Waals surface area contributed by atoms with Gasteiger partial charge in [0.1, 0.15) is 0 Å². The number of methoxy groups -OCH3 is 1. The molecule has 0 unspecified atom stereocenters. The lowest BCUT2D eigenvalue weighted by Crippen LogP contribution is -2.58. The van der Waals surface area contributed by atoms with Gasteiger partial charge in [-0.15, -0.1) is 0 Å². The molecule has 4 rings (SSSR count). The summed E-state index contributed by atoms with van der Waals surface area (Å²) < 4.78 is 4.87. The number of aliphatic hydroxyl groups excluding tert-OH is 1. The molecule has 0 spiro atoms. The van der Waals surface area contributed by atoms with Crippen molar-refractivity contribution in [2.75, 3.05) is 7.11 Å². The second kappa shape index (κ2) is 7.84. The molecule has 29 heavy (non-hydrogen) atoms. The van der Waals surface area contributed by atoms with Crippen LogP contribution in [0.15, 0.2) is 0 Å². The van der Waals surface area contributed by atoms with Crippen LogP contribution in [0.5, 0.6) is 0 Å². The van der Waals surface area contributed by atoms with Gasteiger partial charge in [-0.2, -0.15) is 0 Å². The fourth-order valence-corrected chi connectivity index (χ4v) is 9.05. The standard InChI is InChI=1S/C26H44O3/c1-16-12-13-25(3)18(14-16)7-8-19-21-10-9-20(17(2)6-11-24(28)29-5)26(21,4)23(27)15-22(19)25/h16-23,27H,6-15H2,1-5H3/t16-,17-,18-,19+,20-,21+,22+,23-,25+,26-/m1/s1. The summed E-state index contributed by atoms with van der Waals surface area (Å²) in [6.45, 7) is 9.74. The maximum Gasteiger partial charge on any atom is 0.305 e. The minimum Gasteiger partial charge on any atom is -0.469 e. The molecule has 4 saturated carbocycles. The van der Waals surface area contributed by atoms with E-state index in [9.17, 15) is 9.90 Å². The third kappa shape index (κ3) is 3.38. The molecule has 4 fully saturated rings. The minimum atomic E-state index is -0.184. The van der Waals surface area contributed by atoms with Crippen LogP contribution >= 0.6 is 0 Å². The van der Waals surface area contributed by atoms with Crippen molar-refractivity contribution in [1.29, 1.82) is 0 Å². The highest BCUT2D eigenvalue weighted by Gasteiger charge is 2.63. The van der Waals surface area contributed by atoms with E-state index in [1.54, 1.807) is 0 Å². The molecule has 0 aromatic heterocycles. The van der Waals surface area contributed by atoms with Crippen molar-refractivity contribution < 1.29 is 14.6 Å². The van der Waals surface area contributed by atoms with Gasteiger partial charge in [0.25, 0.3) is 0 Å². The monoisotopic (exact) mass is 404 g/mol.